The molecular weight excluding hydrogens is 340 g/mol. The largest absolute Gasteiger partial charge is 0.497 e. The number of morpholine rings is 1. The highest BCUT2D eigenvalue weighted by Gasteiger charge is 2.23. The van der Waals surface area contributed by atoms with Gasteiger partial charge in [0.25, 0.3) is 5.91 Å². The zero-order valence-corrected chi connectivity index (χ0v) is 16.3. The standard InChI is InChI=1S/C22H28N2O3/c1-16-4-9-20(17(2)14-16)22(25)23-15-21(24-10-12-27-13-11-24)18-5-7-19(26-3)8-6-18/h4-9,14,21H,10-13,15H2,1-3H3,(H,23,25)/t21-/m1/s1. The summed E-state index contributed by atoms with van der Waals surface area (Å²) in [5.74, 6) is 0.804. The zero-order valence-electron chi connectivity index (χ0n) is 16.3. The molecule has 1 N–H and O–H groups in total. The summed E-state index contributed by atoms with van der Waals surface area (Å²) in [5.41, 5.74) is 4.06. The summed E-state index contributed by atoms with van der Waals surface area (Å²) in [6, 6.07) is 14.1. The van der Waals surface area contributed by atoms with Crippen molar-refractivity contribution in [1.29, 1.82) is 0 Å². The lowest BCUT2D eigenvalue weighted by molar-refractivity contribution is 0.0162. The molecular formula is C22H28N2O3. The van der Waals surface area contributed by atoms with E-state index in [-0.39, 0.29) is 11.9 Å². The van der Waals surface area contributed by atoms with E-state index in [0.29, 0.717) is 6.54 Å². The average Bonchev–Trinajstić information content (AvgIpc) is 2.69. The van der Waals surface area contributed by atoms with Gasteiger partial charge in [-0.1, -0.05) is 29.8 Å². The van der Waals surface area contributed by atoms with Crippen LogP contribution in [-0.2, 0) is 4.74 Å². The van der Waals surface area contributed by atoms with Crippen LogP contribution in [0.25, 0.3) is 0 Å². The Morgan fingerprint density at radius 3 is 2.48 bits per heavy atom. The number of ether oxygens (including phenoxy) is 2. The van der Waals surface area contributed by atoms with Gasteiger partial charge in [0.05, 0.1) is 26.4 Å². The molecule has 1 fully saturated rings. The van der Waals surface area contributed by atoms with E-state index >= 15 is 0 Å². The summed E-state index contributed by atoms with van der Waals surface area (Å²) in [5, 5.41) is 3.13. The van der Waals surface area contributed by atoms with Gasteiger partial charge in [0.2, 0.25) is 0 Å². The Morgan fingerprint density at radius 1 is 1.15 bits per heavy atom. The molecule has 0 aliphatic carbocycles. The van der Waals surface area contributed by atoms with E-state index in [4.69, 9.17) is 9.47 Å². The van der Waals surface area contributed by atoms with Crippen LogP contribution < -0.4 is 10.1 Å². The second kappa shape index (κ2) is 9.02. The Labute approximate surface area is 161 Å². The number of hydrogen-bond donors (Lipinski definition) is 1. The van der Waals surface area contributed by atoms with Crippen LogP contribution >= 0.6 is 0 Å². The van der Waals surface area contributed by atoms with Crippen LogP contribution in [0, 0.1) is 13.8 Å². The molecule has 1 heterocycles. The highest BCUT2D eigenvalue weighted by atomic mass is 16.5. The second-order valence-electron chi connectivity index (χ2n) is 6.97. The van der Waals surface area contributed by atoms with E-state index in [1.165, 1.54) is 5.56 Å². The van der Waals surface area contributed by atoms with Gasteiger partial charge in [0, 0.05) is 25.2 Å². The molecule has 0 saturated carbocycles. The Balaban J connectivity index is 1.75. The van der Waals surface area contributed by atoms with Crippen molar-refractivity contribution in [2.24, 2.45) is 0 Å². The highest BCUT2D eigenvalue weighted by molar-refractivity contribution is 5.95. The molecule has 0 spiro atoms. The number of benzene rings is 2. The first kappa shape index (κ1) is 19.4. The molecule has 2 aromatic rings. The van der Waals surface area contributed by atoms with Crippen LogP contribution in [0.4, 0.5) is 0 Å². The predicted molar refractivity (Wildman–Crippen MR) is 106 cm³/mol. The second-order valence-corrected chi connectivity index (χ2v) is 6.97. The third-order valence-electron chi connectivity index (χ3n) is 5.07. The first-order chi connectivity index (χ1) is 13.1. The van der Waals surface area contributed by atoms with Crippen LogP contribution in [0.3, 0.4) is 0 Å². The molecule has 1 aliphatic rings. The number of nitrogens with one attached hydrogen (secondary N) is 1. The minimum atomic E-state index is -0.0285. The van der Waals surface area contributed by atoms with Crippen molar-refractivity contribution in [3.63, 3.8) is 0 Å². The van der Waals surface area contributed by atoms with Gasteiger partial charge in [-0.2, -0.15) is 0 Å². The number of carbonyl (C=O) groups is 1. The predicted octanol–water partition coefficient (Wildman–Crippen LogP) is 3.12. The van der Waals surface area contributed by atoms with E-state index in [1.807, 2.05) is 44.2 Å². The van der Waals surface area contributed by atoms with E-state index in [1.54, 1.807) is 7.11 Å². The highest BCUT2D eigenvalue weighted by Crippen LogP contribution is 2.24. The summed E-state index contributed by atoms with van der Waals surface area (Å²) in [7, 11) is 1.67. The normalized spacial score (nSPS) is 16.0. The Bertz CT molecular complexity index is 768. The molecule has 0 unspecified atom stereocenters. The number of carbonyl (C=O) groups excluding carboxylic acids is 1. The maximum atomic E-state index is 12.7. The van der Waals surface area contributed by atoms with Gasteiger partial charge < -0.3 is 14.8 Å². The smallest absolute Gasteiger partial charge is 0.251 e. The Morgan fingerprint density at radius 2 is 1.85 bits per heavy atom. The van der Waals surface area contributed by atoms with Gasteiger partial charge in [0.15, 0.2) is 0 Å². The van der Waals surface area contributed by atoms with Gasteiger partial charge in [-0.05, 0) is 43.2 Å². The molecule has 1 aliphatic heterocycles. The van der Waals surface area contributed by atoms with Crippen molar-refractivity contribution < 1.29 is 14.3 Å². The van der Waals surface area contributed by atoms with Crippen molar-refractivity contribution >= 4 is 5.91 Å². The molecule has 144 valence electrons. The van der Waals surface area contributed by atoms with E-state index in [0.717, 1.165) is 48.7 Å². The molecule has 1 saturated heterocycles. The van der Waals surface area contributed by atoms with Crippen molar-refractivity contribution in [2.45, 2.75) is 19.9 Å². The fraction of sp³-hybridized carbons (Fsp3) is 0.409. The molecule has 27 heavy (non-hydrogen) atoms. The molecule has 5 heteroatoms. The lowest BCUT2D eigenvalue weighted by Gasteiger charge is -2.35. The number of rotatable bonds is 6. The molecule has 0 aromatic heterocycles. The lowest BCUT2D eigenvalue weighted by Crippen LogP contribution is -2.43. The quantitative estimate of drug-likeness (QED) is 0.851. The number of nitrogens with zero attached hydrogens (tertiary/aromatic N) is 1. The van der Waals surface area contributed by atoms with Crippen molar-refractivity contribution in [3.05, 3.63) is 64.7 Å². The molecule has 1 atom stereocenters. The van der Waals surface area contributed by atoms with Gasteiger partial charge >= 0.3 is 0 Å². The maximum absolute atomic E-state index is 12.7. The van der Waals surface area contributed by atoms with E-state index in [9.17, 15) is 4.79 Å². The lowest BCUT2D eigenvalue weighted by atomic mass is 10.0. The van der Waals surface area contributed by atoms with E-state index in [2.05, 4.69) is 22.3 Å². The van der Waals surface area contributed by atoms with Gasteiger partial charge in [-0.15, -0.1) is 0 Å². The average molecular weight is 368 g/mol. The van der Waals surface area contributed by atoms with Gasteiger partial charge in [0.1, 0.15) is 5.75 Å². The Hall–Kier alpha value is -2.37. The molecule has 0 radical (unpaired) electrons. The van der Waals surface area contributed by atoms with Crippen LogP contribution in [0.2, 0.25) is 0 Å². The van der Waals surface area contributed by atoms with Gasteiger partial charge in [-0.3, -0.25) is 9.69 Å². The van der Waals surface area contributed by atoms with E-state index < -0.39 is 0 Å². The fourth-order valence-corrected chi connectivity index (χ4v) is 3.53. The van der Waals surface area contributed by atoms with Gasteiger partial charge in [-0.25, -0.2) is 0 Å². The summed E-state index contributed by atoms with van der Waals surface area (Å²) in [6.45, 7) is 7.72. The first-order valence-corrected chi connectivity index (χ1v) is 9.39. The SMILES string of the molecule is COc1ccc([C@@H](CNC(=O)c2ccc(C)cc2C)N2CCOCC2)cc1. The number of amides is 1. The first-order valence-electron chi connectivity index (χ1n) is 9.39. The summed E-state index contributed by atoms with van der Waals surface area (Å²) in [4.78, 5) is 15.1. The molecule has 2 aromatic carbocycles. The molecule has 3 rings (SSSR count). The number of aryl methyl sites for hydroxylation is 2. The maximum Gasteiger partial charge on any atom is 0.251 e. The van der Waals surface area contributed by atoms with Crippen LogP contribution in [0.1, 0.15) is 33.1 Å². The third-order valence-corrected chi connectivity index (χ3v) is 5.07. The van der Waals surface area contributed by atoms with Crippen molar-refractivity contribution in [2.75, 3.05) is 40.0 Å². The van der Waals surface area contributed by atoms with Crippen LogP contribution in [-0.4, -0.2) is 50.8 Å². The number of methoxy groups -OCH3 is 1. The zero-order chi connectivity index (χ0) is 19.2. The Kier molecular flexibility index (Phi) is 6.48. The summed E-state index contributed by atoms with van der Waals surface area (Å²) >= 11 is 0. The van der Waals surface area contributed by atoms with Crippen molar-refractivity contribution in [1.82, 2.24) is 10.2 Å². The van der Waals surface area contributed by atoms with Crippen molar-refractivity contribution in [3.8, 4) is 5.75 Å². The molecule has 1 amide bonds. The summed E-state index contributed by atoms with van der Waals surface area (Å²) < 4.78 is 10.8. The summed E-state index contributed by atoms with van der Waals surface area (Å²) in [6.07, 6.45) is 0. The molecule has 0 bridgehead atoms. The number of hydrogen-bond acceptors (Lipinski definition) is 4. The minimum Gasteiger partial charge on any atom is -0.497 e. The fourth-order valence-electron chi connectivity index (χ4n) is 3.53. The molecule has 5 nitrogen and oxygen atoms in total. The van der Waals surface area contributed by atoms with Crippen LogP contribution in [0.15, 0.2) is 42.5 Å². The van der Waals surface area contributed by atoms with Crippen LogP contribution in [0.5, 0.6) is 5.75 Å². The third kappa shape index (κ3) is 4.87. The monoisotopic (exact) mass is 368 g/mol. The minimum absolute atomic E-state index is 0.0285. The topological polar surface area (TPSA) is 50.8 Å².